The van der Waals surface area contributed by atoms with Crippen molar-refractivity contribution in [1.82, 2.24) is 5.32 Å². The van der Waals surface area contributed by atoms with Gasteiger partial charge in [-0.25, -0.2) is 0 Å². The third-order valence-electron chi connectivity index (χ3n) is 11.4. The summed E-state index contributed by atoms with van der Waals surface area (Å²) < 4.78 is 33.9. The molecule has 0 aromatic rings. The number of carbonyl (C=O) groups is 1. The molecule has 19 nitrogen and oxygen atoms in total. The van der Waals surface area contributed by atoms with Gasteiger partial charge in [-0.15, -0.1) is 0 Å². The summed E-state index contributed by atoms with van der Waals surface area (Å²) in [7, 11) is 0. The molecule has 0 saturated carbocycles. The van der Waals surface area contributed by atoms with E-state index in [4.69, 9.17) is 28.4 Å². The van der Waals surface area contributed by atoms with Crippen LogP contribution in [-0.4, -0.2) is 193 Å². The minimum Gasteiger partial charge on any atom is -0.394 e. The number of aliphatic hydroxyl groups excluding tert-OH is 11. The van der Waals surface area contributed by atoms with Crippen LogP contribution in [0.25, 0.3) is 0 Å². The van der Waals surface area contributed by atoms with Crippen LogP contribution in [0.2, 0.25) is 0 Å². The number of rotatable bonds is 29. The summed E-state index contributed by atoms with van der Waals surface area (Å²) in [5, 5.41) is 119. The van der Waals surface area contributed by atoms with E-state index in [9.17, 15) is 61.0 Å². The van der Waals surface area contributed by atoms with Crippen LogP contribution in [0, 0.1) is 0 Å². The number of unbranched alkanes of at least 4 members (excludes halogenated alkanes) is 9. The Hall–Kier alpha value is -1.99. The molecule has 3 rings (SSSR count). The Labute approximate surface area is 370 Å². The number of allylic oxidation sites excluding steroid dienone is 5. The molecule has 19 heteroatoms. The second-order valence-electron chi connectivity index (χ2n) is 16.5. The minimum absolute atomic E-state index is 0.230. The summed E-state index contributed by atoms with van der Waals surface area (Å²) in [6, 6.07) is -0.987. The molecule has 3 fully saturated rings. The lowest BCUT2D eigenvalue weighted by molar-refractivity contribution is -0.379. The van der Waals surface area contributed by atoms with Gasteiger partial charge in [0, 0.05) is 6.42 Å². The Balaban J connectivity index is 1.62. The smallest absolute Gasteiger partial charge is 0.220 e. The standard InChI is InChI=1S/C44H77NO18/c1-3-5-7-9-11-12-13-14-16-17-19-21-28(49)27(45-32(50)22-20-18-15-10-8-6-4-2)26-58-42-38(56)35(53)40(30(24-47)60-42)63-44-39(57)36(54)41(31(25-48)61-44)62-43-37(55)34(52)33(51)29(23-46)59-43/h7,9,13-14,19,21,27-31,33-44,46-49,51-57H,3-6,8,10-12,15-18,20,22-26H2,1-2H3,(H,45,50)/b9-7+,14-13+,21-19+. The van der Waals surface area contributed by atoms with Gasteiger partial charge in [0.05, 0.1) is 38.6 Å². The van der Waals surface area contributed by atoms with Crippen LogP contribution >= 0.6 is 0 Å². The van der Waals surface area contributed by atoms with Crippen molar-refractivity contribution in [2.75, 3.05) is 26.4 Å². The topological polar surface area (TPSA) is 307 Å². The van der Waals surface area contributed by atoms with Crippen molar-refractivity contribution < 1.29 is 89.4 Å². The van der Waals surface area contributed by atoms with Crippen molar-refractivity contribution in [2.45, 2.75) is 208 Å². The number of hydrogen-bond acceptors (Lipinski definition) is 18. The lowest BCUT2D eigenvalue weighted by Gasteiger charge is -2.48. The molecule has 0 radical (unpaired) electrons. The molecule has 0 bridgehead atoms. The summed E-state index contributed by atoms with van der Waals surface area (Å²) in [5.74, 6) is -0.303. The van der Waals surface area contributed by atoms with E-state index in [-0.39, 0.29) is 18.9 Å². The van der Waals surface area contributed by atoms with E-state index in [1.807, 2.05) is 0 Å². The van der Waals surface area contributed by atoms with Crippen LogP contribution in [0.3, 0.4) is 0 Å². The highest BCUT2D eigenvalue weighted by Gasteiger charge is 2.53. The van der Waals surface area contributed by atoms with Crippen molar-refractivity contribution in [3.63, 3.8) is 0 Å². The molecular weight excluding hydrogens is 830 g/mol. The van der Waals surface area contributed by atoms with Gasteiger partial charge in [-0.2, -0.15) is 0 Å². The van der Waals surface area contributed by atoms with Crippen molar-refractivity contribution in [1.29, 1.82) is 0 Å². The van der Waals surface area contributed by atoms with E-state index in [1.165, 1.54) is 6.42 Å². The average Bonchev–Trinajstić information content (AvgIpc) is 3.28. The Bertz CT molecular complexity index is 1320. The Morgan fingerprint density at radius 1 is 0.556 bits per heavy atom. The number of hydrogen-bond donors (Lipinski definition) is 12. The molecule has 0 aliphatic carbocycles. The number of ether oxygens (including phenoxy) is 6. The van der Waals surface area contributed by atoms with Gasteiger partial charge in [-0.3, -0.25) is 4.79 Å². The molecular formula is C44H77NO18. The van der Waals surface area contributed by atoms with Crippen LogP contribution in [0.15, 0.2) is 36.5 Å². The van der Waals surface area contributed by atoms with E-state index >= 15 is 0 Å². The molecule has 0 spiro atoms. The van der Waals surface area contributed by atoms with Crippen molar-refractivity contribution in [3.8, 4) is 0 Å². The molecule has 0 aromatic carbocycles. The monoisotopic (exact) mass is 908 g/mol. The zero-order valence-electron chi connectivity index (χ0n) is 36.8. The van der Waals surface area contributed by atoms with Gasteiger partial charge >= 0.3 is 0 Å². The van der Waals surface area contributed by atoms with Crippen molar-refractivity contribution in [3.05, 3.63) is 36.5 Å². The van der Waals surface area contributed by atoms with Gasteiger partial charge in [0.25, 0.3) is 0 Å². The molecule has 12 N–H and O–H groups in total. The van der Waals surface area contributed by atoms with E-state index < -0.39 is 124 Å². The number of amides is 1. The second-order valence-corrected chi connectivity index (χ2v) is 16.5. The minimum atomic E-state index is -1.98. The van der Waals surface area contributed by atoms with Crippen molar-refractivity contribution in [2.24, 2.45) is 0 Å². The van der Waals surface area contributed by atoms with Gasteiger partial charge in [-0.1, -0.05) is 95.2 Å². The molecule has 1 amide bonds. The van der Waals surface area contributed by atoms with Crippen molar-refractivity contribution >= 4 is 5.91 Å². The summed E-state index contributed by atoms with van der Waals surface area (Å²) in [5.41, 5.74) is 0. The Morgan fingerprint density at radius 3 is 1.56 bits per heavy atom. The molecule has 3 saturated heterocycles. The fourth-order valence-electron chi connectivity index (χ4n) is 7.52. The number of nitrogens with one attached hydrogen (secondary N) is 1. The van der Waals surface area contributed by atoms with E-state index in [2.05, 4.69) is 43.5 Å². The van der Waals surface area contributed by atoms with Crippen LogP contribution < -0.4 is 5.32 Å². The maximum Gasteiger partial charge on any atom is 0.220 e. The zero-order chi connectivity index (χ0) is 46.3. The average molecular weight is 908 g/mol. The molecule has 63 heavy (non-hydrogen) atoms. The largest absolute Gasteiger partial charge is 0.394 e. The van der Waals surface area contributed by atoms with Gasteiger partial charge in [0.15, 0.2) is 18.9 Å². The highest BCUT2D eigenvalue weighted by atomic mass is 16.8. The van der Waals surface area contributed by atoms with Crippen LogP contribution in [0.1, 0.15) is 104 Å². The predicted octanol–water partition coefficient (Wildman–Crippen LogP) is -0.533. The van der Waals surface area contributed by atoms with Gasteiger partial charge in [0.2, 0.25) is 5.91 Å². The maximum atomic E-state index is 13.0. The van der Waals surface area contributed by atoms with Gasteiger partial charge in [0.1, 0.15) is 73.2 Å². The number of aliphatic hydroxyl groups is 11. The molecule has 17 unspecified atom stereocenters. The second kappa shape index (κ2) is 30.3. The van der Waals surface area contributed by atoms with E-state index in [0.29, 0.717) is 12.8 Å². The van der Waals surface area contributed by atoms with Crippen LogP contribution in [-0.2, 0) is 33.2 Å². The molecule has 3 heterocycles. The summed E-state index contributed by atoms with van der Waals surface area (Å²) in [4.78, 5) is 13.0. The van der Waals surface area contributed by atoms with Gasteiger partial charge < -0.3 is 89.9 Å². The van der Waals surface area contributed by atoms with Crippen LogP contribution in [0.4, 0.5) is 0 Å². The van der Waals surface area contributed by atoms with E-state index in [0.717, 1.165) is 64.2 Å². The third kappa shape index (κ3) is 17.6. The number of carbonyl (C=O) groups excluding carboxylic acids is 1. The summed E-state index contributed by atoms with van der Waals surface area (Å²) in [6.45, 7) is 1.48. The summed E-state index contributed by atoms with van der Waals surface area (Å²) >= 11 is 0. The molecule has 366 valence electrons. The Kier molecular flexibility index (Phi) is 26.6. The molecule has 3 aliphatic heterocycles. The van der Waals surface area contributed by atoms with Crippen LogP contribution in [0.5, 0.6) is 0 Å². The lowest BCUT2D eigenvalue weighted by atomic mass is 9.96. The quantitative estimate of drug-likeness (QED) is 0.0332. The summed E-state index contributed by atoms with van der Waals surface area (Å²) in [6.07, 6.45) is -2.16. The first kappa shape index (κ1) is 55.3. The highest BCUT2D eigenvalue weighted by molar-refractivity contribution is 5.76. The predicted molar refractivity (Wildman–Crippen MR) is 226 cm³/mol. The highest BCUT2D eigenvalue weighted by Crippen LogP contribution is 2.33. The molecule has 3 aliphatic rings. The maximum absolute atomic E-state index is 13.0. The fourth-order valence-corrected chi connectivity index (χ4v) is 7.52. The first-order valence-electron chi connectivity index (χ1n) is 22.7. The normalized spacial score (nSPS) is 35.2. The lowest BCUT2D eigenvalue weighted by Crippen LogP contribution is -2.66. The SMILES string of the molecule is CCC/C=C/CC/C=C/CC/C=C/C(O)C(COC1OC(CO)C(OC2OC(CO)C(OC3OC(CO)C(O)C(O)C3O)C(O)C2O)C(O)C1O)NC(=O)CCCCCCCCC. The molecule has 17 atom stereocenters. The Morgan fingerprint density at radius 2 is 1.02 bits per heavy atom. The fraction of sp³-hybridized carbons (Fsp3) is 0.841. The third-order valence-corrected chi connectivity index (χ3v) is 11.4. The zero-order valence-corrected chi connectivity index (χ0v) is 36.8. The molecule has 0 aromatic heterocycles. The first-order chi connectivity index (χ1) is 30.3. The first-order valence-corrected chi connectivity index (χ1v) is 22.7. The van der Waals surface area contributed by atoms with Gasteiger partial charge in [-0.05, 0) is 38.5 Å². The van der Waals surface area contributed by atoms with E-state index in [1.54, 1.807) is 12.2 Å².